The highest BCUT2D eigenvalue weighted by atomic mass is 16.5. The number of aryl methyl sites for hydroxylation is 1. The number of hydrogen-bond donors (Lipinski definition) is 1. The van der Waals surface area contributed by atoms with Crippen LogP contribution in [-0.4, -0.2) is 21.6 Å². The highest BCUT2D eigenvalue weighted by molar-refractivity contribution is 5.92. The van der Waals surface area contributed by atoms with Crippen molar-refractivity contribution >= 4 is 16.9 Å². The minimum atomic E-state index is 0.481. The second-order valence-corrected chi connectivity index (χ2v) is 8.37. The van der Waals surface area contributed by atoms with E-state index in [0.717, 1.165) is 29.1 Å². The van der Waals surface area contributed by atoms with E-state index in [-0.39, 0.29) is 0 Å². The van der Waals surface area contributed by atoms with E-state index in [2.05, 4.69) is 64.3 Å². The maximum atomic E-state index is 5.36. The summed E-state index contributed by atoms with van der Waals surface area (Å²) >= 11 is 0. The van der Waals surface area contributed by atoms with Crippen molar-refractivity contribution in [2.45, 2.75) is 45.2 Å². The van der Waals surface area contributed by atoms with Gasteiger partial charge < -0.3 is 14.6 Å². The van der Waals surface area contributed by atoms with Crippen molar-refractivity contribution in [1.82, 2.24) is 14.5 Å². The number of rotatable bonds is 6. The Kier molecular flexibility index (Phi) is 5.33. The molecule has 5 nitrogen and oxygen atoms in total. The molecular weight excluding hydrogens is 384 g/mol. The number of hydrogen-bond acceptors (Lipinski definition) is 4. The molecule has 2 heterocycles. The van der Waals surface area contributed by atoms with Crippen molar-refractivity contribution < 1.29 is 4.74 Å². The van der Waals surface area contributed by atoms with E-state index in [4.69, 9.17) is 9.72 Å². The predicted octanol–water partition coefficient (Wildman–Crippen LogP) is 6.14. The average Bonchev–Trinajstić information content (AvgIpc) is 3.45. The van der Waals surface area contributed by atoms with Crippen molar-refractivity contribution in [3.63, 3.8) is 0 Å². The molecule has 31 heavy (non-hydrogen) atoms. The van der Waals surface area contributed by atoms with Crippen LogP contribution in [0.4, 0.5) is 5.82 Å². The zero-order valence-corrected chi connectivity index (χ0v) is 18.1. The lowest BCUT2D eigenvalue weighted by Gasteiger charge is -2.17. The van der Waals surface area contributed by atoms with Crippen LogP contribution >= 0.6 is 0 Å². The monoisotopic (exact) mass is 412 g/mol. The van der Waals surface area contributed by atoms with Crippen molar-refractivity contribution in [2.75, 3.05) is 12.4 Å². The molecule has 2 aromatic heterocycles. The van der Waals surface area contributed by atoms with Crippen LogP contribution in [0.3, 0.4) is 0 Å². The fourth-order valence-corrected chi connectivity index (χ4v) is 4.70. The lowest BCUT2D eigenvalue weighted by molar-refractivity contribution is 0.415. The summed E-state index contributed by atoms with van der Waals surface area (Å²) in [6, 6.07) is 19.6. The summed E-state index contributed by atoms with van der Waals surface area (Å²) in [6.45, 7) is 2.86. The number of benzene rings is 2. The molecule has 2 aromatic carbocycles. The van der Waals surface area contributed by atoms with E-state index in [1.807, 2.05) is 12.1 Å². The Morgan fingerprint density at radius 1 is 1.03 bits per heavy atom. The van der Waals surface area contributed by atoms with E-state index < -0.39 is 0 Å². The summed E-state index contributed by atoms with van der Waals surface area (Å²) < 4.78 is 7.79. The molecule has 1 fully saturated rings. The van der Waals surface area contributed by atoms with E-state index >= 15 is 0 Å². The highest BCUT2D eigenvalue weighted by Gasteiger charge is 2.24. The standard InChI is InChI=1S/C26H28N4O/c1-18-6-5-7-19(14-18)16-27-25-23-15-24(20-10-12-22(31-2)13-11-20)30(21-8-3-4-9-21)26(23)29-17-28-25/h5-7,10-15,17,21H,3-4,8-9,16H2,1-2H3,(H,27,28,29). The van der Waals surface area contributed by atoms with Gasteiger partial charge in [0.2, 0.25) is 0 Å². The zero-order valence-electron chi connectivity index (χ0n) is 18.1. The van der Waals surface area contributed by atoms with Crippen molar-refractivity contribution in [3.8, 4) is 17.0 Å². The number of nitrogens with one attached hydrogen (secondary N) is 1. The van der Waals surface area contributed by atoms with Gasteiger partial charge in [0.1, 0.15) is 23.5 Å². The van der Waals surface area contributed by atoms with E-state index in [1.54, 1.807) is 13.4 Å². The largest absolute Gasteiger partial charge is 0.497 e. The summed E-state index contributed by atoms with van der Waals surface area (Å²) in [4.78, 5) is 9.31. The maximum absolute atomic E-state index is 5.36. The van der Waals surface area contributed by atoms with Gasteiger partial charge in [0.25, 0.3) is 0 Å². The van der Waals surface area contributed by atoms with Gasteiger partial charge >= 0.3 is 0 Å². The number of fused-ring (bicyclic) bond motifs is 1. The number of aromatic nitrogens is 3. The fraction of sp³-hybridized carbons (Fsp3) is 0.308. The first-order chi connectivity index (χ1) is 15.2. The number of methoxy groups -OCH3 is 1. The van der Waals surface area contributed by atoms with Gasteiger partial charge in [-0.05, 0) is 61.2 Å². The third-order valence-corrected chi connectivity index (χ3v) is 6.25. The van der Waals surface area contributed by atoms with Crippen LogP contribution in [0, 0.1) is 6.92 Å². The van der Waals surface area contributed by atoms with Gasteiger partial charge in [0.05, 0.1) is 18.2 Å². The molecule has 0 spiro atoms. The van der Waals surface area contributed by atoms with Gasteiger partial charge in [0, 0.05) is 12.6 Å². The SMILES string of the molecule is COc1ccc(-c2cc3c(NCc4cccc(C)c4)ncnc3n2C2CCCC2)cc1. The maximum Gasteiger partial charge on any atom is 0.146 e. The smallest absolute Gasteiger partial charge is 0.146 e. The van der Waals surface area contributed by atoms with E-state index in [9.17, 15) is 0 Å². The Hall–Kier alpha value is -3.34. The summed E-state index contributed by atoms with van der Waals surface area (Å²) in [5, 5.41) is 4.62. The normalized spacial score (nSPS) is 14.3. The summed E-state index contributed by atoms with van der Waals surface area (Å²) in [6.07, 6.45) is 6.63. The van der Waals surface area contributed by atoms with Crippen LogP contribution in [0.5, 0.6) is 5.75 Å². The van der Waals surface area contributed by atoms with E-state index in [0.29, 0.717) is 6.04 Å². The average molecular weight is 413 g/mol. The molecular formula is C26H28N4O. The molecule has 0 atom stereocenters. The molecule has 5 rings (SSSR count). The van der Waals surface area contributed by atoms with Gasteiger partial charge in [-0.2, -0.15) is 0 Å². The van der Waals surface area contributed by atoms with Crippen LogP contribution in [-0.2, 0) is 6.54 Å². The molecule has 4 aromatic rings. The van der Waals surface area contributed by atoms with Gasteiger partial charge in [-0.15, -0.1) is 0 Å². The molecule has 0 radical (unpaired) electrons. The molecule has 5 heteroatoms. The quantitative estimate of drug-likeness (QED) is 0.413. The van der Waals surface area contributed by atoms with Crippen LogP contribution in [0.1, 0.15) is 42.9 Å². The molecule has 1 saturated carbocycles. The predicted molar refractivity (Wildman–Crippen MR) is 126 cm³/mol. The minimum Gasteiger partial charge on any atom is -0.497 e. The molecule has 158 valence electrons. The summed E-state index contributed by atoms with van der Waals surface area (Å²) in [5.41, 5.74) is 5.90. The topological polar surface area (TPSA) is 52.0 Å². The summed E-state index contributed by atoms with van der Waals surface area (Å²) in [5.74, 6) is 1.76. The third kappa shape index (κ3) is 3.88. The molecule has 0 bridgehead atoms. The van der Waals surface area contributed by atoms with E-state index in [1.165, 1.54) is 48.1 Å². The van der Waals surface area contributed by atoms with Crippen molar-refractivity contribution in [1.29, 1.82) is 0 Å². The molecule has 1 N–H and O–H groups in total. The lowest BCUT2D eigenvalue weighted by atomic mass is 10.1. The Morgan fingerprint density at radius 3 is 2.58 bits per heavy atom. The number of nitrogens with zero attached hydrogens (tertiary/aromatic N) is 3. The molecule has 0 amide bonds. The van der Waals surface area contributed by atoms with Gasteiger partial charge in [-0.1, -0.05) is 42.7 Å². The Morgan fingerprint density at radius 2 is 1.84 bits per heavy atom. The molecule has 0 aliphatic heterocycles. The van der Waals surface area contributed by atoms with Gasteiger partial charge in [0.15, 0.2) is 0 Å². The Bertz CT molecular complexity index is 1190. The van der Waals surface area contributed by atoms with Crippen LogP contribution in [0.25, 0.3) is 22.3 Å². The first kappa shape index (κ1) is 19.6. The van der Waals surface area contributed by atoms with Crippen LogP contribution < -0.4 is 10.1 Å². The molecule has 1 aliphatic carbocycles. The van der Waals surface area contributed by atoms with Gasteiger partial charge in [-0.25, -0.2) is 9.97 Å². The molecule has 1 aliphatic rings. The highest BCUT2D eigenvalue weighted by Crippen LogP contribution is 2.39. The number of anilines is 1. The van der Waals surface area contributed by atoms with Gasteiger partial charge in [-0.3, -0.25) is 0 Å². The van der Waals surface area contributed by atoms with Crippen molar-refractivity contribution in [3.05, 3.63) is 72.1 Å². The fourth-order valence-electron chi connectivity index (χ4n) is 4.70. The van der Waals surface area contributed by atoms with Crippen molar-refractivity contribution in [2.24, 2.45) is 0 Å². The van der Waals surface area contributed by atoms with Crippen LogP contribution in [0.15, 0.2) is 60.9 Å². The second kappa shape index (κ2) is 8.42. The minimum absolute atomic E-state index is 0.481. The second-order valence-electron chi connectivity index (χ2n) is 8.37. The molecule has 0 saturated heterocycles. The lowest BCUT2D eigenvalue weighted by Crippen LogP contribution is -2.08. The first-order valence-electron chi connectivity index (χ1n) is 11.0. The first-order valence-corrected chi connectivity index (χ1v) is 11.0. The molecule has 0 unspecified atom stereocenters. The number of ether oxygens (including phenoxy) is 1. The van der Waals surface area contributed by atoms with Crippen LogP contribution in [0.2, 0.25) is 0 Å². The third-order valence-electron chi connectivity index (χ3n) is 6.25. The Labute approximate surface area is 183 Å². The summed E-state index contributed by atoms with van der Waals surface area (Å²) in [7, 11) is 1.70. The Balaban J connectivity index is 1.57. The zero-order chi connectivity index (χ0) is 21.2.